The molecule has 1 amide bonds. The van der Waals surface area contributed by atoms with Crippen LogP contribution in [0.5, 0.6) is 0 Å². The summed E-state index contributed by atoms with van der Waals surface area (Å²) in [6.45, 7) is 1.84. The van der Waals surface area contributed by atoms with E-state index < -0.39 is 0 Å². The number of hydrogen-bond acceptors (Lipinski definition) is 2. The van der Waals surface area contributed by atoms with E-state index >= 15 is 0 Å². The molecule has 16 heavy (non-hydrogen) atoms. The number of rotatable bonds is 2. The van der Waals surface area contributed by atoms with Gasteiger partial charge in [0.05, 0.1) is 10.6 Å². The Labute approximate surface area is 99.5 Å². The highest BCUT2D eigenvalue weighted by Gasteiger charge is 2.16. The van der Waals surface area contributed by atoms with Crippen molar-refractivity contribution in [3.63, 3.8) is 0 Å². The van der Waals surface area contributed by atoms with E-state index in [9.17, 15) is 4.79 Å². The average Bonchev–Trinajstić information content (AvgIpc) is 2.70. The number of pyridine rings is 1. The van der Waals surface area contributed by atoms with E-state index in [-0.39, 0.29) is 11.9 Å². The number of amides is 1. The van der Waals surface area contributed by atoms with Gasteiger partial charge in [-0.05, 0) is 25.8 Å². The normalized spacial score (nSPS) is 15.4. The summed E-state index contributed by atoms with van der Waals surface area (Å²) in [5.41, 5.74) is 1.25. The van der Waals surface area contributed by atoms with Gasteiger partial charge in [-0.2, -0.15) is 0 Å². The molecule has 0 saturated heterocycles. The van der Waals surface area contributed by atoms with Crippen molar-refractivity contribution in [3.05, 3.63) is 40.7 Å². The Kier molecular flexibility index (Phi) is 3.25. The van der Waals surface area contributed by atoms with Crippen LogP contribution < -0.4 is 5.32 Å². The van der Waals surface area contributed by atoms with E-state index in [1.165, 1.54) is 6.20 Å². The number of aromatic nitrogens is 1. The van der Waals surface area contributed by atoms with Gasteiger partial charge in [0.1, 0.15) is 0 Å². The highest BCUT2D eigenvalue weighted by atomic mass is 35.5. The molecule has 4 heteroatoms. The molecule has 0 saturated carbocycles. The summed E-state index contributed by atoms with van der Waals surface area (Å²) in [4.78, 5) is 15.9. The molecule has 1 aliphatic rings. The van der Waals surface area contributed by atoms with Crippen LogP contribution in [-0.2, 0) is 0 Å². The molecular weight excluding hydrogens is 224 g/mol. The lowest BCUT2D eigenvalue weighted by atomic mass is 10.2. The fraction of sp³-hybridized carbons (Fsp3) is 0.333. The van der Waals surface area contributed by atoms with E-state index in [2.05, 4.69) is 22.5 Å². The molecule has 0 aliphatic heterocycles. The van der Waals surface area contributed by atoms with Crippen LogP contribution in [0.4, 0.5) is 0 Å². The highest BCUT2D eigenvalue weighted by molar-refractivity contribution is 6.33. The maximum absolute atomic E-state index is 11.9. The van der Waals surface area contributed by atoms with Gasteiger partial charge in [-0.15, -0.1) is 0 Å². The van der Waals surface area contributed by atoms with Crippen molar-refractivity contribution in [2.45, 2.75) is 25.8 Å². The van der Waals surface area contributed by atoms with Gasteiger partial charge in [-0.1, -0.05) is 23.8 Å². The summed E-state index contributed by atoms with van der Waals surface area (Å²) < 4.78 is 0. The molecule has 1 aliphatic carbocycles. The standard InChI is InChI=1S/C12H13ClN2O/c1-8-6-11(13)10(7-14-8)12(16)15-9-4-2-3-5-9/h2-3,6-7,9H,4-5H2,1H3,(H,15,16). The summed E-state index contributed by atoms with van der Waals surface area (Å²) in [7, 11) is 0. The van der Waals surface area contributed by atoms with Gasteiger partial charge in [-0.25, -0.2) is 0 Å². The Morgan fingerprint density at radius 3 is 2.81 bits per heavy atom. The summed E-state index contributed by atoms with van der Waals surface area (Å²) in [6, 6.07) is 1.90. The smallest absolute Gasteiger partial charge is 0.254 e. The molecule has 0 aromatic carbocycles. The summed E-state index contributed by atoms with van der Waals surface area (Å²) in [6.07, 6.45) is 7.45. The van der Waals surface area contributed by atoms with E-state index in [1.54, 1.807) is 6.07 Å². The minimum absolute atomic E-state index is 0.147. The zero-order chi connectivity index (χ0) is 11.5. The summed E-state index contributed by atoms with van der Waals surface area (Å²) >= 11 is 5.99. The Balaban J connectivity index is 2.08. The van der Waals surface area contributed by atoms with Gasteiger partial charge in [0.15, 0.2) is 0 Å². The first-order valence-corrected chi connectivity index (χ1v) is 5.62. The first-order valence-electron chi connectivity index (χ1n) is 5.25. The van der Waals surface area contributed by atoms with Crippen LogP contribution in [0.1, 0.15) is 28.9 Å². The van der Waals surface area contributed by atoms with Crippen LogP contribution >= 0.6 is 11.6 Å². The van der Waals surface area contributed by atoms with Gasteiger partial charge >= 0.3 is 0 Å². The minimum Gasteiger partial charge on any atom is -0.349 e. The largest absolute Gasteiger partial charge is 0.349 e. The van der Waals surface area contributed by atoms with Crippen LogP contribution in [-0.4, -0.2) is 16.9 Å². The van der Waals surface area contributed by atoms with Gasteiger partial charge in [0.2, 0.25) is 0 Å². The van der Waals surface area contributed by atoms with Crippen molar-refractivity contribution in [3.8, 4) is 0 Å². The van der Waals surface area contributed by atoms with E-state index in [1.807, 2.05) is 6.92 Å². The molecule has 2 rings (SSSR count). The van der Waals surface area contributed by atoms with Crippen LogP contribution in [0.3, 0.4) is 0 Å². The maximum atomic E-state index is 11.9. The third kappa shape index (κ3) is 2.42. The van der Waals surface area contributed by atoms with Crippen molar-refractivity contribution in [2.75, 3.05) is 0 Å². The zero-order valence-corrected chi connectivity index (χ0v) is 9.79. The lowest BCUT2D eigenvalue weighted by Gasteiger charge is -2.12. The van der Waals surface area contributed by atoms with Crippen molar-refractivity contribution < 1.29 is 4.79 Å². The number of carbonyl (C=O) groups excluding carboxylic acids is 1. The Morgan fingerprint density at radius 1 is 1.50 bits per heavy atom. The molecule has 0 unspecified atom stereocenters. The molecule has 0 radical (unpaired) electrons. The second-order valence-corrected chi connectivity index (χ2v) is 4.33. The van der Waals surface area contributed by atoms with Gasteiger partial charge < -0.3 is 5.32 Å². The first-order chi connectivity index (χ1) is 7.66. The number of halogens is 1. The third-order valence-electron chi connectivity index (χ3n) is 2.58. The molecule has 0 spiro atoms. The van der Waals surface area contributed by atoms with Crippen LogP contribution in [0.2, 0.25) is 5.02 Å². The Morgan fingerprint density at radius 2 is 2.19 bits per heavy atom. The lowest BCUT2D eigenvalue weighted by Crippen LogP contribution is -2.33. The topological polar surface area (TPSA) is 42.0 Å². The number of carbonyl (C=O) groups is 1. The fourth-order valence-corrected chi connectivity index (χ4v) is 1.98. The van der Waals surface area contributed by atoms with E-state index in [0.717, 1.165) is 18.5 Å². The molecule has 1 N–H and O–H groups in total. The third-order valence-corrected chi connectivity index (χ3v) is 2.89. The van der Waals surface area contributed by atoms with Crippen LogP contribution in [0, 0.1) is 6.92 Å². The fourth-order valence-electron chi connectivity index (χ4n) is 1.69. The number of hydrogen-bond donors (Lipinski definition) is 1. The van der Waals surface area contributed by atoms with E-state index in [4.69, 9.17) is 11.6 Å². The lowest BCUT2D eigenvalue weighted by molar-refractivity contribution is 0.0939. The minimum atomic E-state index is -0.147. The predicted octanol–water partition coefficient (Wildman–Crippen LogP) is 2.49. The molecule has 3 nitrogen and oxygen atoms in total. The van der Waals surface area contributed by atoms with Crippen LogP contribution in [0.15, 0.2) is 24.4 Å². The zero-order valence-electron chi connectivity index (χ0n) is 9.03. The highest BCUT2D eigenvalue weighted by Crippen LogP contribution is 2.17. The summed E-state index contributed by atoms with van der Waals surface area (Å²) in [5, 5.41) is 3.38. The molecule has 84 valence electrons. The first kappa shape index (κ1) is 11.1. The monoisotopic (exact) mass is 236 g/mol. The van der Waals surface area contributed by atoms with Crippen molar-refractivity contribution in [1.82, 2.24) is 10.3 Å². The molecule has 0 fully saturated rings. The second-order valence-electron chi connectivity index (χ2n) is 3.92. The molecule has 1 aromatic rings. The predicted molar refractivity (Wildman–Crippen MR) is 63.6 cm³/mol. The molecular formula is C12H13ClN2O. The van der Waals surface area contributed by atoms with Crippen molar-refractivity contribution >= 4 is 17.5 Å². The molecule has 1 aromatic heterocycles. The molecule has 1 heterocycles. The van der Waals surface area contributed by atoms with Crippen molar-refractivity contribution in [2.24, 2.45) is 0 Å². The Hall–Kier alpha value is -1.35. The number of nitrogens with zero attached hydrogens (tertiary/aromatic N) is 1. The summed E-state index contributed by atoms with van der Waals surface area (Å²) in [5.74, 6) is -0.147. The SMILES string of the molecule is Cc1cc(Cl)c(C(=O)NC2CC=CC2)cn1. The van der Waals surface area contributed by atoms with Gasteiger partial charge in [0.25, 0.3) is 5.91 Å². The van der Waals surface area contributed by atoms with Gasteiger partial charge in [0, 0.05) is 17.9 Å². The average molecular weight is 237 g/mol. The number of nitrogens with one attached hydrogen (secondary N) is 1. The molecule has 0 atom stereocenters. The molecule has 0 bridgehead atoms. The number of aryl methyl sites for hydroxylation is 1. The maximum Gasteiger partial charge on any atom is 0.254 e. The quantitative estimate of drug-likeness (QED) is 0.802. The van der Waals surface area contributed by atoms with Crippen LogP contribution in [0.25, 0.3) is 0 Å². The Bertz CT molecular complexity index is 435. The van der Waals surface area contributed by atoms with Crippen molar-refractivity contribution in [1.29, 1.82) is 0 Å². The van der Waals surface area contributed by atoms with E-state index in [0.29, 0.717) is 10.6 Å². The van der Waals surface area contributed by atoms with Gasteiger partial charge in [-0.3, -0.25) is 9.78 Å². The second kappa shape index (κ2) is 4.66.